The van der Waals surface area contributed by atoms with Crippen LogP contribution in [-0.2, 0) is 0 Å². The van der Waals surface area contributed by atoms with Crippen molar-refractivity contribution in [2.45, 2.75) is 32.6 Å². The fourth-order valence-electron chi connectivity index (χ4n) is 1.55. The monoisotopic (exact) mass is 235 g/mol. The van der Waals surface area contributed by atoms with Crippen molar-refractivity contribution in [3.8, 4) is 0 Å². The number of aromatic nitrogens is 1. The van der Waals surface area contributed by atoms with Crippen molar-refractivity contribution in [3.63, 3.8) is 0 Å². The minimum Gasteiger partial charge on any atom is -0.388 e. The van der Waals surface area contributed by atoms with Crippen LogP contribution < -0.4 is 10.6 Å². The Morgan fingerprint density at radius 2 is 2.18 bits per heavy atom. The molecule has 1 aromatic rings. The smallest absolute Gasteiger partial charge is 0.269 e. The number of carbonyl (C=O) groups excluding carboxylic acids is 1. The lowest BCUT2D eigenvalue weighted by molar-refractivity contribution is 0.0948. The lowest BCUT2D eigenvalue weighted by Crippen LogP contribution is -2.25. The molecule has 17 heavy (non-hydrogen) atoms. The molecule has 2 N–H and O–H groups in total. The zero-order valence-corrected chi connectivity index (χ0v) is 10.6. The van der Waals surface area contributed by atoms with Crippen LogP contribution in [0.3, 0.4) is 0 Å². The van der Waals surface area contributed by atoms with E-state index in [1.54, 1.807) is 12.3 Å². The maximum atomic E-state index is 11.7. The van der Waals surface area contributed by atoms with Gasteiger partial charge in [0.15, 0.2) is 0 Å². The molecule has 0 spiro atoms. The summed E-state index contributed by atoms with van der Waals surface area (Å²) in [6, 6.07) is 3.58. The first-order valence-corrected chi connectivity index (χ1v) is 6.20. The van der Waals surface area contributed by atoms with Gasteiger partial charge < -0.3 is 10.6 Å². The number of anilines is 1. The molecule has 4 nitrogen and oxygen atoms in total. The van der Waals surface area contributed by atoms with E-state index in [4.69, 9.17) is 0 Å². The summed E-state index contributed by atoms with van der Waals surface area (Å²) in [7, 11) is 1.82. The topological polar surface area (TPSA) is 54.0 Å². The van der Waals surface area contributed by atoms with E-state index in [1.807, 2.05) is 13.1 Å². The molecule has 1 amide bonds. The Balaban J connectivity index is 2.36. The molecule has 0 aliphatic rings. The molecule has 1 rings (SSSR count). The first-order valence-electron chi connectivity index (χ1n) is 6.20. The Morgan fingerprint density at radius 3 is 2.88 bits per heavy atom. The van der Waals surface area contributed by atoms with Crippen LogP contribution in [0.5, 0.6) is 0 Å². The van der Waals surface area contributed by atoms with Gasteiger partial charge in [-0.05, 0) is 18.6 Å². The molecular weight excluding hydrogens is 214 g/mol. The Bertz CT molecular complexity index is 352. The summed E-state index contributed by atoms with van der Waals surface area (Å²) in [4.78, 5) is 15.8. The van der Waals surface area contributed by atoms with Crippen LogP contribution in [0.1, 0.15) is 43.1 Å². The van der Waals surface area contributed by atoms with Gasteiger partial charge in [0.2, 0.25) is 0 Å². The van der Waals surface area contributed by atoms with Gasteiger partial charge in [-0.1, -0.05) is 26.2 Å². The zero-order valence-electron chi connectivity index (χ0n) is 10.6. The normalized spacial score (nSPS) is 10.0. The highest BCUT2D eigenvalue weighted by molar-refractivity contribution is 5.93. The minimum absolute atomic E-state index is 0.0985. The third-order valence-electron chi connectivity index (χ3n) is 2.60. The number of carbonyl (C=O) groups is 1. The molecular formula is C13H21N3O. The van der Waals surface area contributed by atoms with Gasteiger partial charge in [-0.2, -0.15) is 0 Å². The maximum absolute atomic E-state index is 11.7. The highest BCUT2D eigenvalue weighted by atomic mass is 16.1. The summed E-state index contributed by atoms with van der Waals surface area (Å²) in [5.41, 5.74) is 1.36. The fraction of sp³-hybridized carbons (Fsp3) is 0.538. The number of hydrogen-bond acceptors (Lipinski definition) is 3. The quantitative estimate of drug-likeness (QED) is 0.714. The summed E-state index contributed by atoms with van der Waals surface area (Å²) in [6.07, 6.45) is 6.27. The fourth-order valence-corrected chi connectivity index (χ4v) is 1.55. The van der Waals surface area contributed by atoms with Crippen LogP contribution >= 0.6 is 0 Å². The number of nitrogens with one attached hydrogen (secondary N) is 2. The average Bonchev–Trinajstić information content (AvgIpc) is 2.38. The SMILES string of the molecule is CCCCCCNC(=O)c1cc(NC)ccn1. The summed E-state index contributed by atoms with van der Waals surface area (Å²) < 4.78 is 0. The molecule has 0 fully saturated rings. The Labute approximate surface area is 103 Å². The molecule has 0 unspecified atom stereocenters. The van der Waals surface area contributed by atoms with Crippen molar-refractivity contribution in [2.24, 2.45) is 0 Å². The molecule has 0 aliphatic carbocycles. The standard InChI is InChI=1S/C13H21N3O/c1-3-4-5-6-8-16-13(17)12-10-11(14-2)7-9-15-12/h7,9-10H,3-6,8H2,1-2H3,(H,14,15)(H,16,17). The Hall–Kier alpha value is -1.58. The van der Waals surface area contributed by atoms with Crippen LogP contribution in [0.15, 0.2) is 18.3 Å². The number of unbranched alkanes of at least 4 members (excludes halogenated alkanes) is 3. The number of amides is 1. The summed E-state index contributed by atoms with van der Waals surface area (Å²) in [5, 5.41) is 5.87. The van der Waals surface area contributed by atoms with E-state index in [0.29, 0.717) is 5.69 Å². The summed E-state index contributed by atoms with van der Waals surface area (Å²) in [5.74, 6) is -0.0985. The number of nitrogens with zero attached hydrogens (tertiary/aromatic N) is 1. The van der Waals surface area contributed by atoms with Crippen LogP contribution in [0, 0.1) is 0 Å². The molecule has 94 valence electrons. The van der Waals surface area contributed by atoms with E-state index in [-0.39, 0.29) is 5.91 Å². The third-order valence-corrected chi connectivity index (χ3v) is 2.60. The van der Waals surface area contributed by atoms with Crippen molar-refractivity contribution in [1.29, 1.82) is 0 Å². The van der Waals surface area contributed by atoms with E-state index in [9.17, 15) is 4.79 Å². The first-order chi connectivity index (χ1) is 8.27. The molecule has 0 saturated heterocycles. The highest BCUT2D eigenvalue weighted by Gasteiger charge is 2.06. The van der Waals surface area contributed by atoms with E-state index in [1.165, 1.54) is 19.3 Å². The second-order valence-electron chi connectivity index (χ2n) is 4.00. The minimum atomic E-state index is -0.0985. The van der Waals surface area contributed by atoms with Gasteiger partial charge in [0.05, 0.1) is 0 Å². The van der Waals surface area contributed by atoms with E-state index in [0.717, 1.165) is 18.7 Å². The van der Waals surface area contributed by atoms with Gasteiger partial charge in [-0.3, -0.25) is 9.78 Å². The van der Waals surface area contributed by atoms with Crippen molar-refractivity contribution < 1.29 is 4.79 Å². The number of hydrogen-bond donors (Lipinski definition) is 2. The predicted octanol–water partition coefficient (Wildman–Crippen LogP) is 2.43. The largest absolute Gasteiger partial charge is 0.388 e. The second-order valence-corrected chi connectivity index (χ2v) is 4.00. The summed E-state index contributed by atoms with van der Waals surface area (Å²) >= 11 is 0. The van der Waals surface area contributed by atoms with E-state index in [2.05, 4.69) is 22.5 Å². The van der Waals surface area contributed by atoms with Gasteiger partial charge in [0, 0.05) is 25.5 Å². The van der Waals surface area contributed by atoms with Gasteiger partial charge >= 0.3 is 0 Å². The van der Waals surface area contributed by atoms with Gasteiger partial charge in [0.25, 0.3) is 5.91 Å². The Kier molecular flexibility index (Phi) is 6.07. The van der Waals surface area contributed by atoms with Crippen LogP contribution in [-0.4, -0.2) is 24.5 Å². The lowest BCUT2D eigenvalue weighted by atomic mass is 10.2. The molecule has 0 saturated carbocycles. The van der Waals surface area contributed by atoms with Crippen molar-refractivity contribution in [1.82, 2.24) is 10.3 Å². The van der Waals surface area contributed by atoms with E-state index >= 15 is 0 Å². The molecule has 1 heterocycles. The first kappa shape index (κ1) is 13.5. The molecule has 0 radical (unpaired) electrons. The molecule has 0 aliphatic heterocycles. The van der Waals surface area contributed by atoms with Crippen LogP contribution in [0.25, 0.3) is 0 Å². The maximum Gasteiger partial charge on any atom is 0.269 e. The van der Waals surface area contributed by atoms with Crippen molar-refractivity contribution in [2.75, 3.05) is 18.9 Å². The predicted molar refractivity (Wildman–Crippen MR) is 70.3 cm³/mol. The van der Waals surface area contributed by atoms with Gasteiger partial charge in [-0.15, -0.1) is 0 Å². The van der Waals surface area contributed by atoms with Gasteiger partial charge in [-0.25, -0.2) is 0 Å². The molecule has 4 heteroatoms. The molecule has 0 atom stereocenters. The zero-order chi connectivity index (χ0) is 12.5. The second kappa shape index (κ2) is 7.65. The average molecular weight is 235 g/mol. The summed E-state index contributed by atoms with van der Waals surface area (Å²) in [6.45, 7) is 2.90. The molecule has 0 bridgehead atoms. The number of pyridine rings is 1. The van der Waals surface area contributed by atoms with E-state index < -0.39 is 0 Å². The number of rotatable bonds is 7. The lowest BCUT2D eigenvalue weighted by Gasteiger charge is -2.05. The Morgan fingerprint density at radius 1 is 1.35 bits per heavy atom. The van der Waals surface area contributed by atoms with Crippen molar-refractivity contribution in [3.05, 3.63) is 24.0 Å². The molecule has 0 aromatic carbocycles. The highest BCUT2D eigenvalue weighted by Crippen LogP contribution is 2.06. The van der Waals surface area contributed by atoms with Gasteiger partial charge in [0.1, 0.15) is 5.69 Å². The van der Waals surface area contributed by atoms with Crippen molar-refractivity contribution >= 4 is 11.6 Å². The van der Waals surface area contributed by atoms with Crippen LogP contribution in [0.2, 0.25) is 0 Å². The molecule has 1 aromatic heterocycles. The third kappa shape index (κ3) is 4.85. The van der Waals surface area contributed by atoms with Crippen LogP contribution in [0.4, 0.5) is 5.69 Å².